The van der Waals surface area contributed by atoms with Crippen LogP contribution >= 0.6 is 35.0 Å². The minimum Gasteiger partial charge on any atom is -0.330 e. The monoisotopic (exact) mass is 376 g/mol. The van der Waals surface area contributed by atoms with Crippen LogP contribution in [-0.4, -0.2) is 21.5 Å². The van der Waals surface area contributed by atoms with Crippen LogP contribution in [0, 0.1) is 3.57 Å². The summed E-state index contributed by atoms with van der Waals surface area (Å²) < 4.78 is 26.8. The Morgan fingerprint density at radius 2 is 1.94 bits per heavy atom. The summed E-state index contributed by atoms with van der Waals surface area (Å²) in [6, 6.07) is 6.87. The average molecular weight is 377 g/mol. The lowest BCUT2D eigenvalue weighted by molar-refractivity contribution is 0.579. The van der Waals surface area contributed by atoms with Gasteiger partial charge < -0.3 is 5.73 Å². The maximum atomic E-state index is 11.8. The van der Waals surface area contributed by atoms with Gasteiger partial charge in [0.15, 0.2) is 0 Å². The molecule has 0 aliphatic heterocycles. The second kappa shape index (κ2) is 7.44. The number of hydrogen-bond acceptors (Lipinski definition) is 3. The lowest BCUT2D eigenvalue weighted by atomic mass is 10.4. The highest BCUT2D eigenvalue weighted by molar-refractivity contribution is 14.1. The molecule has 1 rings (SSSR count). The lowest BCUT2D eigenvalue weighted by Gasteiger charge is -2.07. The van der Waals surface area contributed by atoms with E-state index in [2.05, 4.69) is 4.72 Å². The second-order valence-corrected chi connectivity index (χ2v) is 5.87. The van der Waals surface area contributed by atoms with E-state index in [0.717, 1.165) is 3.57 Å². The van der Waals surface area contributed by atoms with E-state index in [1.165, 1.54) is 0 Å². The van der Waals surface area contributed by atoms with Gasteiger partial charge in [0.05, 0.1) is 4.90 Å². The maximum Gasteiger partial charge on any atom is 0.241 e. The van der Waals surface area contributed by atoms with E-state index < -0.39 is 10.0 Å². The summed E-state index contributed by atoms with van der Waals surface area (Å²) in [5.41, 5.74) is 5.29. The molecule has 0 bridgehead atoms. The highest BCUT2D eigenvalue weighted by Crippen LogP contribution is 2.16. The topological polar surface area (TPSA) is 72.2 Å². The Bertz CT molecular complexity index is 425. The summed E-state index contributed by atoms with van der Waals surface area (Å²) in [5.74, 6) is 0. The van der Waals surface area contributed by atoms with Gasteiger partial charge in [-0.2, -0.15) is 0 Å². The highest BCUT2D eigenvalue weighted by Gasteiger charge is 2.15. The molecule has 0 heterocycles. The second-order valence-electron chi connectivity index (χ2n) is 2.97. The van der Waals surface area contributed by atoms with Crippen LogP contribution in [0.2, 0.25) is 0 Å². The molecule has 0 aliphatic carbocycles. The molecule has 1 aromatic rings. The van der Waals surface area contributed by atoms with E-state index in [4.69, 9.17) is 5.73 Å². The third-order valence-corrected chi connectivity index (χ3v) is 4.63. The molecule has 0 aromatic heterocycles. The van der Waals surface area contributed by atoms with Crippen molar-refractivity contribution < 1.29 is 8.42 Å². The van der Waals surface area contributed by atoms with Gasteiger partial charge in [0.2, 0.25) is 10.0 Å². The van der Waals surface area contributed by atoms with Gasteiger partial charge in [-0.15, -0.1) is 12.4 Å². The minimum absolute atomic E-state index is 0. The van der Waals surface area contributed by atoms with Crippen molar-refractivity contribution in [1.29, 1.82) is 0 Å². The third kappa shape index (κ3) is 4.54. The molecule has 4 nitrogen and oxygen atoms in total. The van der Waals surface area contributed by atoms with E-state index in [0.29, 0.717) is 24.4 Å². The van der Waals surface area contributed by atoms with Crippen molar-refractivity contribution in [3.63, 3.8) is 0 Å². The van der Waals surface area contributed by atoms with Gasteiger partial charge in [0.25, 0.3) is 0 Å². The van der Waals surface area contributed by atoms with Gasteiger partial charge in [0, 0.05) is 10.1 Å². The molecule has 92 valence electrons. The zero-order valence-electron chi connectivity index (χ0n) is 8.52. The lowest BCUT2D eigenvalue weighted by Crippen LogP contribution is -2.26. The Kier molecular flexibility index (Phi) is 7.49. The molecule has 0 saturated carbocycles. The number of hydrogen-bond donors (Lipinski definition) is 2. The third-order valence-electron chi connectivity index (χ3n) is 1.80. The SMILES string of the molecule is Cl.NCCCNS(=O)(=O)c1ccccc1I. The van der Waals surface area contributed by atoms with Crippen LogP contribution in [0.4, 0.5) is 0 Å². The molecule has 3 N–H and O–H groups in total. The standard InChI is InChI=1S/C9H13IN2O2S.ClH/c10-8-4-1-2-5-9(8)15(13,14)12-7-3-6-11;/h1-2,4-5,12H,3,6-7,11H2;1H. The van der Waals surface area contributed by atoms with Gasteiger partial charge in [0.1, 0.15) is 0 Å². The first-order chi connectivity index (χ1) is 7.08. The van der Waals surface area contributed by atoms with Crippen LogP contribution in [0.5, 0.6) is 0 Å². The summed E-state index contributed by atoms with van der Waals surface area (Å²) in [6.45, 7) is 0.859. The molecule has 1 aromatic carbocycles. The first-order valence-electron chi connectivity index (χ1n) is 4.52. The normalized spacial score (nSPS) is 10.9. The largest absolute Gasteiger partial charge is 0.330 e. The van der Waals surface area contributed by atoms with Crippen LogP contribution in [0.25, 0.3) is 0 Å². The van der Waals surface area contributed by atoms with Crippen LogP contribution in [0.3, 0.4) is 0 Å². The highest BCUT2D eigenvalue weighted by atomic mass is 127. The van der Waals surface area contributed by atoms with Crippen molar-refractivity contribution in [3.05, 3.63) is 27.8 Å². The van der Waals surface area contributed by atoms with Crippen LogP contribution in [0.1, 0.15) is 6.42 Å². The van der Waals surface area contributed by atoms with Gasteiger partial charge in [-0.05, 0) is 47.7 Å². The van der Waals surface area contributed by atoms with Crippen molar-refractivity contribution in [1.82, 2.24) is 4.72 Å². The smallest absolute Gasteiger partial charge is 0.241 e. The van der Waals surface area contributed by atoms with Crippen molar-refractivity contribution in [2.75, 3.05) is 13.1 Å². The van der Waals surface area contributed by atoms with E-state index in [1.54, 1.807) is 24.3 Å². The summed E-state index contributed by atoms with van der Waals surface area (Å²) in [7, 11) is -3.38. The summed E-state index contributed by atoms with van der Waals surface area (Å²) in [4.78, 5) is 0.322. The van der Waals surface area contributed by atoms with Crippen molar-refractivity contribution in [3.8, 4) is 0 Å². The van der Waals surface area contributed by atoms with Crippen molar-refractivity contribution in [2.45, 2.75) is 11.3 Å². The average Bonchev–Trinajstić information content (AvgIpc) is 2.18. The predicted octanol–water partition coefficient (Wildman–Crippen LogP) is 1.34. The number of halogens is 2. The van der Waals surface area contributed by atoms with E-state index in [-0.39, 0.29) is 12.4 Å². The summed E-state index contributed by atoms with van der Waals surface area (Å²) in [6.07, 6.45) is 0.642. The molecule has 0 spiro atoms. The van der Waals surface area contributed by atoms with Crippen LogP contribution < -0.4 is 10.5 Å². The quantitative estimate of drug-likeness (QED) is 0.602. The molecule has 0 unspecified atom stereocenters. The number of sulfonamides is 1. The van der Waals surface area contributed by atoms with Crippen molar-refractivity contribution in [2.24, 2.45) is 5.73 Å². The van der Waals surface area contributed by atoms with Gasteiger partial charge in [-0.3, -0.25) is 0 Å². The first kappa shape index (κ1) is 16.1. The molecule has 0 fully saturated rings. The first-order valence-corrected chi connectivity index (χ1v) is 7.08. The summed E-state index contributed by atoms with van der Waals surface area (Å²) in [5, 5.41) is 0. The molecular formula is C9H14ClIN2O2S. The van der Waals surface area contributed by atoms with E-state index in [1.807, 2.05) is 22.6 Å². The zero-order valence-corrected chi connectivity index (χ0v) is 12.3. The molecular weight excluding hydrogens is 363 g/mol. The zero-order chi connectivity index (χ0) is 11.3. The fourth-order valence-electron chi connectivity index (χ4n) is 1.05. The van der Waals surface area contributed by atoms with Crippen LogP contribution in [0.15, 0.2) is 29.2 Å². The van der Waals surface area contributed by atoms with Gasteiger partial charge in [-0.25, -0.2) is 13.1 Å². The maximum absolute atomic E-state index is 11.8. The Morgan fingerprint density at radius 1 is 1.31 bits per heavy atom. The van der Waals surface area contributed by atoms with Gasteiger partial charge >= 0.3 is 0 Å². The minimum atomic E-state index is -3.38. The van der Waals surface area contributed by atoms with Crippen molar-refractivity contribution >= 4 is 45.0 Å². The number of rotatable bonds is 5. The van der Waals surface area contributed by atoms with Crippen LogP contribution in [-0.2, 0) is 10.0 Å². The Morgan fingerprint density at radius 3 is 2.50 bits per heavy atom. The molecule has 0 saturated heterocycles. The molecule has 0 radical (unpaired) electrons. The fraction of sp³-hybridized carbons (Fsp3) is 0.333. The fourth-order valence-corrected chi connectivity index (χ4v) is 3.46. The molecule has 7 heteroatoms. The van der Waals surface area contributed by atoms with E-state index >= 15 is 0 Å². The number of nitrogens with two attached hydrogens (primary N) is 1. The Labute approximate surface area is 116 Å². The number of nitrogens with one attached hydrogen (secondary N) is 1. The Balaban J connectivity index is 0.00000225. The summed E-state index contributed by atoms with van der Waals surface area (Å²) >= 11 is 2.00. The van der Waals surface area contributed by atoms with E-state index in [9.17, 15) is 8.42 Å². The number of benzene rings is 1. The van der Waals surface area contributed by atoms with Gasteiger partial charge in [-0.1, -0.05) is 12.1 Å². The molecule has 0 amide bonds. The predicted molar refractivity (Wildman–Crippen MR) is 75.3 cm³/mol. The molecule has 0 atom stereocenters. The molecule has 16 heavy (non-hydrogen) atoms. The Hall–Kier alpha value is 0.110. The molecule has 0 aliphatic rings.